The number of nitrogens with one attached hydrogen (secondary N) is 1. The second-order valence-corrected chi connectivity index (χ2v) is 2.91. The number of aromatic nitrogens is 1. The van der Waals surface area contributed by atoms with Crippen LogP contribution in [0.4, 0.5) is 5.82 Å². The summed E-state index contributed by atoms with van der Waals surface area (Å²) in [6, 6.07) is 1.70. The minimum atomic E-state index is 0.491. The first-order chi connectivity index (χ1) is 5.81. The molecule has 0 amide bonds. The average molecular weight is 181 g/mol. The van der Waals surface area contributed by atoms with Crippen LogP contribution >= 0.6 is 11.6 Å². The number of pyridine rings is 1. The highest BCUT2D eigenvalue weighted by atomic mass is 35.5. The first-order valence-electron chi connectivity index (χ1n) is 3.45. The minimum Gasteiger partial charge on any atom is -0.334 e. The number of hydrogen-bond donors (Lipinski definition) is 1. The van der Waals surface area contributed by atoms with E-state index in [1.807, 2.05) is 0 Å². The van der Waals surface area contributed by atoms with Crippen molar-refractivity contribution in [2.75, 3.05) is 5.32 Å². The minimum absolute atomic E-state index is 0.491. The molecule has 0 spiro atoms. The van der Waals surface area contributed by atoms with Crippen molar-refractivity contribution in [1.29, 1.82) is 0 Å². The van der Waals surface area contributed by atoms with Crippen LogP contribution in [0.25, 0.3) is 0 Å². The summed E-state index contributed by atoms with van der Waals surface area (Å²) < 4.78 is 0. The highest BCUT2D eigenvalue weighted by Gasteiger charge is 2.18. The normalized spacial score (nSPS) is 13.6. The molecule has 1 aromatic rings. The molecule has 1 aromatic heterocycles. The van der Waals surface area contributed by atoms with E-state index >= 15 is 0 Å². The maximum Gasteiger partial charge on any atom is 0.146 e. The van der Waals surface area contributed by atoms with E-state index < -0.39 is 0 Å². The molecule has 2 rings (SSSR count). The quantitative estimate of drug-likeness (QED) is 0.614. The Morgan fingerprint density at radius 2 is 2.50 bits per heavy atom. The van der Waals surface area contributed by atoms with Crippen molar-refractivity contribution in [3.05, 3.63) is 28.5 Å². The standard InChI is InChI=1S/C8H5ClN2O/c9-7-1-2-10-8-6(7)3-5(4-12)11-8/h1-2H,3H2,(H,10,11). The second-order valence-electron chi connectivity index (χ2n) is 2.50. The molecule has 3 nitrogen and oxygen atoms in total. The predicted molar refractivity (Wildman–Crippen MR) is 45.8 cm³/mol. The van der Waals surface area contributed by atoms with Gasteiger partial charge in [0.2, 0.25) is 0 Å². The Bertz CT molecular complexity index is 383. The molecule has 0 saturated carbocycles. The fourth-order valence-corrected chi connectivity index (χ4v) is 1.38. The zero-order valence-corrected chi connectivity index (χ0v) is 6.85. The maximum absolute atomic E-state index is 10.3. The zero-order valence-electron chi connectivity index (χ0n) is 6.10. The van der Waals surface area contributed by atoms with Crippen LogP contribution < -0.4 is 5.32 Å². The monoisotopic (exact) mass is 180 g/mol. The summed E-state index contributed by atoms with van der Waals surface area (Å²) in [7, 11) is 0. The Morgan fingerprint density at radius 3 is 3.17 bits per heavy atom. The van der Waals surface area contributed by atoms with Crippen molar-refractivity contribution in [2.24, 2.45) is 0 Å². The second kappa shape index (κ2) is 2.63. The molecule has 0 aliphatic carbocycles. The van der Waals surface area contributed by atoms with Crippen molar-refractivity contribution in [3.8, 4) is 0 Å². The third-order valence-electron chi connectivity index (χ3n) is 1.74. The van der Waals surface area contributed by atoms with Crippen LogP contribution in [0.3, 0.4) is 0 Å². The van der Waals surface area contributed by atoms with Crippen LogP contribution in [0, 0.1) is 0 Å². The fourth-order valence-electron chi connectivity index (χ4n) is 1.17. The lowest BCUT2D eigenvalue weighted by atomic mass is 10.2. The van der Waals surface area contributed by atoms with Gasteiger partial charge in [-0.2, -0.15) is 0 Å². The molecule has 0 fully saturated rings. The molecule has 12 heavy (non-hydrogen) atoms. The van der Waals surface area contributed by atoms with Crippen molar-refractivity contribution >= 4 is 23.4 Å². The third-order valence-corrected chi connectivity index (χ3v) is 2.10. The van der Waals surface area contributed by atoms with Gasteiger partial charge in [0.15, 0.2) is 0 Å². The fraction of sp³-hybridized carbons (Fsp3) is 0.125. The van der Waals surface area contributed by atoms with Gasteiger partial charge in [0.1, 0.15) is 17.5 Å². The number of rotatable bonds is 0. The van der Waals surface area contributed by atoms with E-state index in [0.717, 1.165) is 5.56 Å². The van der Waals surface area contributed by atoms with Crippen molar-refractivity contribution in [3.63, 3.8) is 0 Å². The van der Waals surface area contributed by atoms with Gasteiger partial charge in [-0.05, 0) is 6.07 Å². The summed E-state index contributed by atoms with van der Waals surface area (Å²) in [5.41, 5.74) is 1.36. The molecule has 0 aromatic carbocycles. The van der Waals surface area contributed by atoms with Gasteiger partial charge >= 0.3 is 0 Å². The summed E-state index contributed by atoms with van der Waals surface area (Å²) in [4.78, 5) is 14.3. The first-order valence-corrected chi connectivity index (χ1v) is 3.83. The zero-order chi connectivity index (χ0) is 8.55. The van der Waals surface area contributed by atoms with Crippen molar-refractivity contribution in [1.82, 2.24) is 4.98 Å². The van der Waals surface area contributed by atoms with Gasteiger partial charge in [0, 0.05) is 23.2 Å². The van der Waals surface area contributed by atoms with E-state index in [-0.39, 0.29) is 0 Å². The molecule has 1 aliphatic heterocycles. The largest absolute Gasteiger partial charge is 0.334 e. The predicted octanol–water partition coefficient (Wildman–Crippen LogP) is 1.42. The number of carbonyl (C=O) groups excluding carboxylic acids is 1. The number of nitrogens with zero attached hydrogens (tertiary/aromatic N) is 1. The third kappa shape index (κ3) is 0.998. The molecule has 1 aliphatic rings. The number of allylic oxidation sites excluding steroid dienone is 1. The van der Waals surface area contributed by atoms with Crippen molar-refractivity contribution < 1.29 is 4.79 Å². The van der Waals surface area contributed by atoms with E-state index in [9.17, 15) is 4.79 Å². The average Bonchev–Trinajstić information content (AvgIpc) is 2.49. The number of hydrogen-bond acceptors (Lipinski definition) is 3. The molecular weight excluding hydrogens is 176 g/mol. The van der Waals surface area contributed by atoms with Gasteiger partial charge in [-0.1, -0.05) is 11.6 Å². The molecule has 0 unspecified atom stereocenters. The molecule has 0 atom stereocenters. The van der Waals surface area contributed by atoms with E-state index in [0.29, 0.717) is 23.0 Å². The van der Waals surface area contributed by atoms with E-state index in [1.165, 1.54) is 0 Å². The van der Waals surface area contributed by atoms with Gasteiger partial charge in [-0.25, -0.2) is 9.78 Å². The SMILES string of the molecule is O=C=C1Cc2c(Cl)ccnc2N1. The Morgan fingerprint density at radius 1 is 1.67 bits per heavy atom. The van der Waals surface area contributed by atoms with Crippen LogP contribution in [0.5, 0.6) is 0 Å². The number of halogens is 1. The van der Waals surface area contributed by atoms with Crippen LogP contribution in [0.2, 0.25) is 5.02 Å². The molecule has 0 saturated heterocycles. The van der Waals surface area contributed by atoms with Gasteiger partial charge in [-0.3, -0.25) is 0 Å². The molecular formula is C8H5ClN2O. The molecule has 1 N–H and O–H groups in total. The van der Waals surface area contributed by atoms with Gasteiger partial charge < -0.3 is 5.32 Å². The van der Waals surface area contributed by atoms with Gasteiger partial charge in [0.25, 0.3) is 0 Å². The molecule has 4 heteroatoms. The lowest BCUT2D eigenvalue weighted by Gasteiger charge is -1.96. The first kappa shape index (κ1) is 7.35. The maximum atomic E-state index is 10.3. The molecule has 2 heterocycles. The highest BCUT2D eigenvalue weighted by Crippen LogP contribution is 2.29. The van der Waals surface area contributed by atoms with Crippen LogP contribution in [-0.2, 0) is 11.2 Å². The molecule has 0 radical (unpaired) electrons. The Balaban J connectivity index is 2.55. The van der Waals surface area contributed by atoms with Gasteiger partial charge in [-0.15, -0.1) is 0 Å². The van der Waals surface area contributed by atoms with E-state index in [4.69, 9.17) is 11.6 Å². The summed E-state index contributed by atoms with van der Waals surface area (Å²) in [5.74, 6) is 2.46. The Labute approximate surface area is 74.1 Å². The highest BCUT2D eigenvalue weighted by molar-refractivity contribution is 6.31. The number of anilines is 1. The van der Waals surface area contributed by atoms with Crippen LogP contribution in [-0.4, -0.2) is 10.9 Å². The van der Waals surface area contributed by atoms with E-state index in [1.54, 1.807) is 18.2 Å². The van der Waals surface area contributed by atoms with Crippen LogP contribution in [0.1, 0.15) is 5.56 Å². The summed E-state index contributed by atoms with van der Waals surface area (Å²) in [6.45, 7) is 0. The summed E-state index contributed by atoms with van der Waals surface area (Å²) in [6.07, 6.45) is 2.10. The molecule has 60 valence electrons. The van der Waals surface area contributed by atoms with Crippen LogP contribution in [0.15, 0.2) is 18.0 Å². The molecule has 0 bridgehead atoms. The topological polar surface area (TPSA) is 42.0 Å². The van der Waals surface area contributed by atoms with Gasteiger partial charge in [0.05, 0.1) is 0 Å². The summed E-state index contributed by atoms with van der Waals surface area (Å²) in [5, 5.41) is 3.46. The Kier molecular flexibility index (Phi) is 1.61. The number of fused-ring (bicyclic) bond motifs is 1. The Hall–Kier alpha value is -1.31. The lowest BCUT2D eigenvalue weighted by molar-refractivity contribution is 0.567. The summed E-state index contributed by atoms with van der Waals surface area (Å²) >= 11 is 5.87. The van der Waals surface area contributed by atoms with E-state index in [2.05, 4.69) is 10.3 Å². The van der Waals surface area contributed by atoms with Crippen molar-refractivity contribution in [2.45, 2.75) is 6.42 Å². The smallest absolute Gasteiger partial charge is 0.146 e. The lowest BCUT2D eigenvalue weighted by Crippen LogP contribution is -1.92.